The van der Waals surface area contributed by atoms with Crippen molar-refractivity contribution < 1.29 is 9.53 Å². The molecular weight excluding hydrogens is 340 g/mol. The number of rotatable bonds is 6. The van der Waals surface area contributed by atoms with Crippen molar-refractivity contribution in [3.63, 3.8) is 0 Å². The zero-order chi connectivity index (χ0) is 19.6. The number of ether oxygens (including phenoxy) is 1. The van der Waals surface area contributed by atoms with Gasteiger partial charge < -0.3 is 9.64 Å². The molecule has 142 valence electrons. The third-order valence-electron chi connectivity index (χ3n) is 4.68. The summed E-state index contributed by atoms with van der Waals surface area (Å²) in [6.07, 6.45) is 1.78. The standard InChI is InChI=1S/C21H26N4O2/c1-6-24(13-16-7-9-18(27-5)10-8-16)21(26)19-11-17-12-22-25(14(2)3)20(17)23-15(19)4/h7-12,14H,6,13H2,1-5H3. The summed E-state index contributed by atoms with van der Waals surface area (Å²) in [6.45, 7) is 9.16. The highest BCUT2D eigenvalue weighted by molar-refractivity contribution is 5.98. The Morgan fingerprint density at radius 1 is 1.26 bits per heavy atom. The average molecular weight is 366 g/mol. The van der Waals surface area contributed by atoms with Crippen LogP contribution in [-0.2, 0) is 6.54 Å². The lowest BCUT2D eigenvalue weighted by atomic mass is 10.1. The molecule has 0 radical (unpaired) electrons. The normalized spacial score (nSPS) is 11.2. The second-order valence-corrected chi connectivity index (χ2v) is 6.88. The van der Waals surface area contributed by atoms with Gasteiger partial charge in [-0.2, -0.15) is 5.10 Å². The zero-order valence-electron chi connectivity index (χ0n) is 16.6. The maximum Gasteiger partial charge on any atom is 0.256 e. The predicted octanol–water partition coefficient (Wildman–Crippen LogP) is 3.99. The number of nitrogens with zero attached hydrogens (tertiary/aromatic N) is 4. The van der Waals surface area contributed by atoms with Crippen molar-refractivity contribution in [1.82, 2.24) is 19.7 Å². The fourth-order valence-corrected chi connectivity index (χ4v) is 3.11. The minimum absolute atomic E-state index is 0.0162. The Bertz CT molecular complexity index is 945. The van der Waals surface area contributed by atoms with Gasteiger partial charge in [-0.05, 0) is 51.5 Å². The summed E-state index contributed by atoms with van der Waals surface area (Å²) in [5, 5.41) is 5.29. The Kier molecular flexibility index (Phi) is 5.44. The summed E-state index contributed by atoms with van der Waals surface area (Å²) >= 11 is 0. The molecule has 0 atom stereocenters. The first-order valence-corrected chi connectivity index (χ1v) is 9.21. The summed E-state index contributed by atoms with van der Waals surface area (Å²) in [4.78, 5) is 19.6. The minimum Gasteiger partial charge on any atom is -0.497 e. The number of methoxy groups -OCH3 is 1. The van der Waals surface area contributed by atoms with Gasteiger partial charge in [-0.25, -0.2) is 9.67 Å². The Morgan fingerprint density at radius 3 is 2.56 bits per heavy atom. The molecule has 27 heavy (non-hydrogen) atoms. The van der Waals surface area contributed by atoms with Crippen molar-refractivity contribution in [1.29, 1.82) is 0 Å². The third-order valence-corrected chi connectivity index (χ3v) is 4.68. The summed E-state index contributed by atoms with van der Waals surface area (Å²) < 4.78 is 7.08. The Hall–Kier alpha value is -2.89. The van der Waals surface area contributed by atoms with E-state index < -0.39 is 0 Å². The molecule has 0 N–H and O–H groups in total. The summed E-state index contributed by atoms with van der Waals surface area (Å²) in [5.41, 5.74) is 3.23. The number of carbonyl (C=O) groups is 1. The van der Waals surface area contributed by atoms with Crippen LogP contribution >= 0.6 is 0 Å². The van der Waals surface area contributed by atoms with E-state index >= 15 is 0 Å². The van der Waals surface area contributed by atoms with Gasteiger partial charge in [0.2, 0.25) is 0 Å². The molecule has 0 aliphatic heterocycles. The Balaban J connectivity index is 1.89. The molecule has 0 aliphatic rings. The maximum atomic E-state index is 13.1. The molecule has 6 heteroatoms. The molecule has 0 saturated heterocycles. The van der Waals surface area contributed by atoms with Crippen LogP contribution in [0.25, 0.3) is 11.0 Å². The minimum atomic E-state index is -0.0162. The predicted molar refractivity (Wildman–Crippen MR) is 106 cm³/mol. The first kappa shape index (κ1) is 18.9. The number of hydrogen-bond acceptors (Lipinski definition) is 4. The van der Waals surface area contributed by atoms with E-state index in [4.69, 9.17) is 4.74 Å². The first-order chi connectivity index (χ1) is 12.9. The van der Waals surface area contributed by atoms with Crippen molar-refractivity contribution in [3.05, 3.63) is 53.3 Å². The van der Waals surface area contributed by atoms with Gasteiger partial charge in [0.15, 0.2) is 5.65 Å². The van der Waals surface area contributed by atoms with Gasteiger partial charge in [0.1, 0.15) is 5.75 Å². The molecule has 6 nitrogen and oxygen atoms in total. The van der Waals surface area contributed by atoms with Gasteiger partial charge in [0, 0.05) is 24.5 Å². The van der Waals surface area contributed by atoms with E-state index in [-0.39, 0.29) is 11.9 Å². The van der Waals surface area contributed by atoms with Crippen LogP contribution in [0.2, 0.25) is 0 Å². The molecule has 0 saturated carbocycles. The van der Waals surface area contributed by atoms with E-state index in [0.717, 1.165) is 28.0 Å². The van der Waals surface area contributed by atoms with Crippen LogP contribution in [0.1, 0.15) is 48.4 Å². The fourth-order valence-electron chi connectivity index (χ4n) is 3.11. The molecular formula is C21H26N4O2. The molecule has 2 aromatic heterocycles. The lowest BCUT2D eigenvalue weighted by Crippen LogP contribution is -2.31. The highest BCUT2D eigenvalue weighted by atomic mass is 16.5. The highest BCUT2D eigenvalue weighted by Gasteiger charge is 2.20. The van der Waals surface area contributed by atoms with Crippen molar-refractivity contribution in [2.45, 2.75) is 40.3 Å². The second kappa shape index (κ2) is 7.78. The van der Waals surface area contributed by atoms with Gasteiger partial charge in [-0.1, -0.05) is 12.1 Å². The number of pyridine rings is 1. The van der Waals surface area contributed by atoms with E-state index in [1.807, 2.05) is 53.8 Å². The summed E-state index contributed by atoms with van der Waals surface area (Å²) in [7, 11) is 1.64. The largest absolute Gasteiger partial charge is 0.497 e. The van der Waals surface area contributed by atoms with Crippen LogP contribution in [0.4, 0.5) is 0 Å². The van der Waals surface area contributed by atoms with E-state index in [1.54, 1.807) is 13.3 Å². The number of aryl methyl sites for hydroxylation is 1. The highest BCUT2D eigenvalue weighted by Crippen LogP contribution is 2.21. The van der Waals surface area contributed by atoms with Crippen LogP contribution < -0.4 is 4.74 Å². The first-order valence-electron chi connectivity index (χ1n) is 9.21. The third kappa shape index (κ3) is 3.79. The number of carbonyl (C=O) groups excluding carboxylic acids is 1. The lowest BCUT2D eigenvalue weighted by molar-refractivity contribution is 0.0751. The van der Waals surface area contributed by atoms with Gasteiger partial charge >= 0.3 is 0 Å². The monoisotopic (exact) mass is 366 g/mol. The molecule has 1 aromatic carbocycles. The van der Waals surface area contributed by atoms with Crippen LogP contribution in [0.5, 0.6) is 5.75 Å². The number of hydrogen-bond donors (Lipinski definition) is 0. The number of amides is 1. The second-order valence-electron chi connectivity index (χ2n) is 6.88. The van der Waals surface area contributed by atoms with E-state index in [1.165, 1.54) is 0 Å². The van der Waals surface area contributed by atoms with Crippen molar-refractivity contribution >= 4 is 16.9 Å². The van der Waals surface area contributed by atoms with Crippen molar-refractivity contribution in [2.24, 2.45) is 0 Å². The SMILES string of the molecule is CCN(Cc1ccc(OC)cc1)C(=O)c1cc2cnn(C(C)C)c2nc1C. The number of aromatic nitrogens is 3. The average Bonchev–Trinajstić information content (AvgIpc) is 3.08. The molecule has 0 spiro atoms. The smallest absolute Gasteiger partial charge is 0.256 e. The molecule has 3 rings (SSSR count). The fraction of sp³-hybridized carbons (Fsp3) is 0.381. The van der Waals surface area contributed by atoms with Crippen LogP contribution in [0.15, 0.2) is 36.5 Å². The molecule has 0 unspecified atom stereocenters. The quantitative estimate of drug-likeness (QED) is 0.662. The molecule has 3 aromatic rings. The number of fused-ring (bicyclic) bond motifs is 1. The summed E-state index contributed by atoms with van der Waals surface area (Å²) in [5.74, 6) is 0.790. The van der Waals surface area contributed by atoms with E-state index in [9.17, 15) is 4.79 Å². The molecule has 2 heterocycles. The number of benzene rings is 1. The van der Waals surface area contributed by atoms with Crippen LogP contribution in [0, 0.1) is 6.92 Å². The molecule has 0 aliphatic carbocycles. The maximum absolute atomic E-state index is 13.1. The van der Waals surface area contributed by atoms with Crippen LogP contribution in [0.3, 0.4) is 0 Å². The van der Waals surface area contributed by atoms with Crippen molar-refractivity contribution in [3.8, 4) is 5.75 Å². The summed E-state index contributed by atoms with van der Waals surface area (Å²) in [6, 6.07) is 9.91. The zero-order valence-corrected chi connectivity index (χ0v) is 16.6. The molecule has 0 bridgehead atoms. The van der Waals surface area contributed by atoms with Gasteiger partial charge in [0.25, 0.3) is 5.91 Å². The molecule has 0 fully saturated rings. The van der Waals surface area contributed by atoms with Gasteiger partial charge in [-0.15, -0.1) is 0 Å². The van der Waals surface area contributed by atoms with Crippen molar-refractivity contribution in [2.75, 3.05) is 13.7 Å². The lowest BCUT2D eigenvalue weighted by Gasteiger charge is -2.22. The van der Waals surface area contributed by atoms with E-state index in [2.05, 4.69) is 23.9 Å². The van der Waals surface area contributed by atoms with Gasteiger partial charge in [0.05, 0.1) is 24.6 Å². The Labute approximate surface area is 159 Å². The topological polar surface area (TPSA) is 60.2 Å². The Morgan fingerprint density at radius 2 is 1.96 bits per heavy atom. The van der Waals surface area contributed by atoms with E-state index in [0.29, 0.717) is 18.7 Å². The van der Waals surface area contributed by atoms with Crippen LogP contribution in [-0.4, -0.2) is 39.2 Å². The molecule has 1 amide bonds. The van der Waals surface area contributed by atoms with Gasteiger partial charge in [-0.3, -0.25) is 4.79 Å².